The summed E-state index contributed by atoms with van der Waals surface area (Å²) < 4.78 is 13.3. The van der Waals surface area contributed by atoms with E-state index in [1.54, 1.807) is 30.3 Å². The Hall–Kier alpha value is -2.24. The number of nitrogens with zero attached hydrogens (tertiary/aromatic N) is 1. The van der Waals surface area contributed by atoms with Gasteiger partial charge in [-0.1, -0.05) is 29.8 Å². The highest BCUT2D eigenvalue weighted by molar-refractivity contribution is 7.13. The lowest BCUT2D eigenvalue weighted by Gasteiger charge is -2.08. The molecule has 3 rings (SSSR count). The van der Waals surface area contributed by atoms with Crippen LogP contribution in [0.25, 0.3) is 10.6 Å². The van der Waals surface area contributed by atoms with Crippen molar-refractivity contribution in [1.82, 2.24) is 4.98 Å². The number of carbonyl (C=O) groups is 1. The molecule has 0 saturated heterocycles. The zero-order valence-corrected chi connectivity index (χ0v) is 14.4. The van der Waals surface area contributed by atoms with E-state index in [1.807, 2.05) is 12.3 Å². The van der Waals surface area contributed by atoms with Crippen LogP contribution >= 0.6 is 22.9 Å². The molecular weight excluding hydrogens is 347 g/mol. The quantitative estimate of drug-likeness (QED) is 0.704. The van der Waals surface area contributed by atoms with Gasteiger partial charge in [-0.15, -0.1) is 11.3 Å². The fourth-order valence-corrected chi connectivity index (χ4v) is 3.24. The van der Waals surface area contributed by atoms with Crippen LogP contribution in [-0.2, 0) is 11.2 Å². The second-order valence-corrected chi connectivity index (χ2v) is 6.56. The van der Waals surface area contributed by atoms with Gasteiger partial charge in [-0.2, -0.15) is 0 Å². The number of carbonyl (C=O) groups excluding carboxylic acids is 1. The highest BCUT2D eigenvalue weighted by Gasteiger charge is 2.11. The molecule has 0 bridgehead atoms. The number of anilines is 1. The Bertz CT molecular complexity index is 894. The number of thiazole rings is 1. The SMILES string of the molecule is Cc1c(Cl)cccc1NC(=O)Cc1csc(-c2cccc(F)c2)n1. The molecule has 1 N–H and O–H groups in total. The molecule has 1 heterocycles. The van der Waals surface area contributed by atoms with Crippen molar-refractivity contribution in [2.24, 2.45) is 0 Å². The predicted octanol–water partition coefficient (Wildman–Crippen LogP) is 5.09. The molecule has 3 nitrogen and oxygen atoms in total. The molecular formula is C18H14ClFN2OS. The second kappa shape index (κ2) is 7.11. The fourth-order valence-electron chi connectivity index (χ4n) is 2.24. The minimum atomic E-state index is -0.307. The van der Waals surface area contributed by atoms with E-state index in [0.29, 0.717) is 27.0 Å². The summed E-state index contributed by atoms with van der Waals surface area (Å²) in [6, 6.07) is 11.6. The summed E-state index contributed by atoms with van der Waals surface area (Å²) >= 11 is 7.44. The lowest BCUT2D eigenvalue weighted by atomic mass is 10.2. The number of aromatic nitrogens is 1. The molecule has 24 heavy (non-hydrogen) atoms. The summed E-state index contributed by atoms with van der Waals surface area (Å²) in [6.07, 6.45) is 0.151. The molecule has 0 aliphatic rings. The molecule has 0 unspecified atom stereocenters. The average Bonchev–Trinajstić information content (AvgIpc) is 3.00. The Balaban J connectivity index is 1.70. The fraction of sp³-hybridized carbons (Fsp3) is 0.111. The first-order valence-electron chi connectivity index (χ1n) is 7.28. The second-order valence-electron chi connectivity index (χ2n) is 5.29. The third-order valence-corrected chi connectivity index (χ3v) is 4.86. The number of hydrogen-bond acceptors (Lipinski definition) is 3. The molecule has 122 valence electrons. The van der Waals surface area contributed by atoms with Crippen molar-refractivity contribution in [3.05, 3.63) is 69.9 Å². The van der Waals surface area contributed by atoms with Crippen molar-refractivity contribution < 1.29 is 9.18 Å². The molecule has 0 saturated carbocycles. The molecule has 0 spiro atoms. The summed E-state index contributed by atoms with van der Waals surface area (Å²) in [5, 5.41) is 5.95. The maximum atomic E-state index is 13.3. The van der Waals surface area contributed by atoms with E-state index in [4.69, 9.17) is 11.6 Å². The Morgan fingerprint density at radius 1 is 1.29 bits per heavy atom. The Kier molecular flexibility index (Phi) is 4.92. The molecule has 1 amide bonds. The molecule has 0 atom stereocenters. The Labute approximate surface area is 148 Å². The predicted molar refractivity (Wildman–Crippen MR) is 96.0 cm³/mol. The molecule has 0 radical (unpaired) electrons. The van der Waals surface area contributed by atoms with E-state index >= 15 is 0 Å². The Morgan fingerprint density at radius 3 is 2.88 bits per heavy atom. The average molecular weight is 361 g/mol. The molecule has 0 fully saturated rings. The van der Waals surface area contributed by atoms with Crippen LogP contribution in [0, 0.1) is 12.7 Å². The first-order chi connectivity index (χ1) is 11.5. The van der Waals surface area contributed by atoms with Crippen molar-refractivity contribution in [3.8, 4) is 10.6 Å². The molecule has 2 aromatic carbocycles. The zero-order valence-electron chi connectivity index (χ0n) is 12.8. The summed E-state index contributed by atoms with van der Waals surface area (Å²) in [6.45, 7) is 1.85. The smallest absolute Gasteiger partial charge is 0.230 e. The van der Waals surface area contributed by atoms with Gasteiger partial charge in [-0.3, -0.25) is 4.79 Å². The van der Waals surface area contributed by atoms with Crippen molar-refractivity contribution in [1.29, 1.82) is 0 Å². The topological polar surface area (TPSA) is 42.0 Å². The van der Waals surface area contributed by atoms with Gasteiger partial charge in [0.05, 0.1) is 12.1 Å². The van der Waals surface area contributed by atoms with Gasteiger partial charge in [0.1, 0.15) is 10.8 Å². The lowest BCUT2D eigenvalue weighted by molar-refractivity contribution is -0.115. The van der Waals surface area contributed by atoms with Gasteiger partial charge in [0, 0.05) is 21.7 Å². The van der Waals surface area contributed by atoms with E-state index in [9.17, 15) is 9.18 Å². The number of nitrogens with one attached hydrogen (secondary N) is 1. The van der Waals surface area contributed by atoms with Crippen LogP contribution in [0.2, 0.25) is 5.02 Å². The van der Waals surface area contributed by atoms with E-state index in [1.165, 1.54) is 23.5 Å². The van der Waals surface area contributed by atoms with Gasteiger partial charge < -0.3 is 5.32 Å². The van der Waals surface area contributed by atoms with Gasteiger partial charge in [0.15, 0.2) is 0 Å². The number of rotatable bonds is 4. The highest BCUT2D eigenvalue weighted by Crippen LogP contribution is 2.25. The number of benzene rings is 2. The monoisotopic (exact) mass is 360 g/mol. The normalized spacial score (nSPS) is 10.6. The van der Waals surface area contributed by atoms with E-state index in [2.05, 4.69) is 10.3 Å². The van der Waals surface area contributed by atoms with Gasteiger partial charge in [0.25, 0.3) is 0 Å². The standard InChI is InChI=1S/C18H14ClFN2OS/c1-11-15(19)6-3-7-16(11)22-17(23)9-14-10-24-18(21-14)12-4-2-5-13(20)8-12/h2-8,10H,9H2,1H3,(H,22,23). The van der Waals surface area contributed by atoms with Crippen molar-refractivity contribution >= 4 is 34.5 Å². The van der Waals surface area contributed by atoms with Crippen LogP contribution in [0.1, 0.15) is 11.3 Å². The van der Waals surface area contributed by atoms with Crippen molar-refractivity contribution in [2.45, 2.75) is 13.3 Å². The first-order valence-corrected chi connectivity index (χ1v) is 8.54. The number of halogens is 2. The maximum absolute atomic E-state index is 13.3. The van der Waals surface area contributed by atoms with E-state index in [0.717, 1.165) is 5.56 Å². The highest BCUT2D eigenvalue weighted by atomic mass is 35.5. The summed E-state index contributed by atoms with van der Waals surface area (Å²) in [5.74, 6) is -0.477. The number of amides is 1. The largest absolute Gasteiger partial charge is 0.325 e. The van der Waals surface area contributed by atoms with Crippen LogP contribution in [0.15, 0.2) is 47.8 Å². The number of hydrogen-bond donors (Lipinski definition) is 1. The van der Waals surface area contributed by atoms with Crippen molar-refractivity contribution in [2.75, 3.05) is 5.32 Å². The van der Waals surface area contributed by atoms with E-state index in [-0.39, 0.29) is 18.1 Å². The molecule has 6 heteroatoms. The maximum Gasteiger partial charge on any atom is 0.230 e. The summed E-state index contributed by atoms with van der Waals surface area (Å²) in [5.41, 5.74) is 2.87. The zero-order chi connectivity index (χ0) is 17.1. The van der Waals surface area contributed by atoms with Crippen LogP contribution in [0.4, 0.5) is 10.1 Å². The van der Waals surface area contributed by atoms with Crippen LogP contribution < -0.4 is 5.32 Å². The third kappa shape index (κ3) is 3.80. The Morgan fingerprint density at radius 2 is 2.08 bits per heavy atom. The lowest BCUT2D eigenvalue weighted by Crippen LogP contribution is -2.15. The van der Waals surface area contributed by atoms with Crippen molar-refractivity contribution in [3.63, 3.8) is 0 Å². The van der Waals surface area contributed by atoms with E-state index < -0.39 is 0 Å². The van der Waals surface area contributed by atoms with Crippen LogP contribution in [-0.4, -0.2) is 10.9 Å². The van der Waals surface area contributed by atoms with Gasteiger partial charge in [0.2, 0.25) is 5.91 Å². The van der Waals surface area contributed by atoms with Gasteiger partial charge >= 0.3 is 0 Å². The molecule has 3 aromatic rings. The van der Waals surface area contributed by atoms with Gasteiger partial charge in [-0.25, -0.2) is 9.37 Å². The minimum absolute atomic E-state index is 0.151. The summed E-state index contributed by atoms with van der Waals surface area (Å²) in [7, 11) is 0. The first kappa shape index (κ1) is 16.6. The third-order valence-electron chi connectivity index (χ3n) is 3.51. The summed E-state index contributed by atoms with van der Waals surface area (Å²) in [4.78, 5) is 16.6. The molecule has 1 aromatic heterocycles. The van der Waals surface area contributed by atoms with Crippen LogP contribution in [0.5, 0.6) is 0 Å². The molecule has 0 aliphatic heterocycles. The molecule has 0 aliphatic carbocycles. The minimum Gasteiger partial charge on any atom is -0.325 e. The van der Waals surface area contributed by atoms with Gasteiger partial charge in [-0.05, 0) is 36.8 Å². The van der Waals surface area contributed by atoms with Crippen LogP contribution in [0.3, 0.4) is 0 Å².